The molecule has 1 aliphatic rings. The lowest BCUT2D eigenvalue weighted by Crippen LogP contribution is -2.42. The van der Waals surface area contributed by atoms with Crippen LogP contribution in [-0.4, -0.2) is 34.8 Å². The first-order valence-electron chi connectivity index (χ1n) is 8.27. The number of amides is 2. The Morgan fingerprint density at radius 3 is 2.68 bits per heavy atom. The number of likely N-dealkylation sites (tertiary alicyclic amines) is 1. The number of nitrogens with zero attached hydrogens (tertiary/aromatic N) is 2. The molecule has 3 rings (SSSR count). The van der Waals surface area contributed by atoms with Crippen molar-refractivity contribution in [3.05, 3.63) is 46.7 Å². The van der Waals surface area contributed by atoms with Crippen LogP contribution in [0.25, 0.3) is 0 Å². The van der Waals surface area contributed by atoms with E-state index < -0.39 is 0 Å². The number of halogens is 1. The van der Waals surface area contributed by atoms with Gasteiger partial charge in [0.05, 0.1) is 12.1 Å². The van der Waals surface area contributed by atoms with Crippen LogP contribution < -0.4 is 5.32 Å². The van der Waals surface area contributed by atoms with E-state index in [0.29, 0.717) is 36.6 Å². The zero-order valence-corrected chi connectivity index (χ0v) is 14.8. The molecule has 1 saturated heterocycles. The third kappa shape index (κ3) is 4.42. The Labute approximate surface area is 149 Å². The van der Waals surface area contributed by atoms with E-state index in [9.17, 15) is 14.0 Å². The summed E-state index contributed by atoms with van der Waals surface area (Å²) in [6.45, 7) is 2.91. The Morgan fingerprint density at radius 2 is 2.04 bits per heavy atom. The second kappa shape index (κ2) is 7.74. The highest BCUT2D eigenvalue weighted by Crippen LogP contribution is 2.22. The van der Waals surface area contributed by atoms with Gasteiger partial charge in [-0.3, -0.25) is 9.59 Å². The van der Waals surface area contributed by atoms with Gasteiger partial charge in [0.2, 0.25) is 11.8 Å². The molecule has 0 spiro atoms. The highest BCUT2D eigenvalue weighted by atomic mass is 32.1. The van der Waals surface area contributed by atoms with Gasteiger partial charge in [-0.05, 0) is 31.4 Å². The molecule has 5 nitrogen and oxygen atoms in total. The van der Waals surface area contributed by atoms with E-state index >= 15 is 0 Å². The summed E-state index contributed by atoms with van der Waals surface area (Å²) < 4.78 is 13.7. The molecule has 0 unspecified atom stereocenters. The Bertz CT molecular complexity index is 769. The number of carbonyl (C=O) groups excluding carboxylic acids is 2. The van der Waals surface area contributed by atoms with Crippen LogP contribution in [0.3, 0.4) is 0 Å². The van der Waals surface area contributed by atoms with Crippen molar-refractivity contribution >= 4 is 28.3 Å². The molecule has 25 heavy (non-hydrogen) atoms. The summed E-state index contributed by atoms with van der Waals surface area (Å²) in [7, 11) is 0. The van der Waals surface area contributed by atoms with Gasteiger partial charge in [0, 0.05) is 24.4 Å². The zero-order valence-electron chi connectivity index (χ0n) is 14.0. The highest BCUT2D eigenvalue weighted by molar-refractivity contribution is 7.13. The maximum atomic E-state index is 13.7. The van der Waals surface area contributed by atoms with Crippen molar-refractivity contribution in [1.29, 1.82) is 0 Å². The number of benzene rings is 1. The number of rotatable bonds is 4. The summed E-state index contributed by atoms with van der Waals surface area (Å²) in [5.74, 6) is -0.624. The van der Waals surface area contributed by atoms with Gasteiger partial charge in [-0.1, -0.05) is 18.2 Å². The fourth-order valence-corrected chi connectivity index (χ4v) is 3.62. The molecule has 2 aromatic rings. The molecule has 0 saturated carbocycles. The van der Waals surface area contributed by atoms with Crippen LogP contribution in [0.5, 0.6) is 0 Å². The van der Waals surface area contributed by atoms with Crippen LogP contribution in [0.2, 0.25) is 0 Å². The topological polar surface area (TPSA) is 62.3 Å². The van der Waals surface area contributed by atoms with Gasteiger partial charge >= 0.3 is 0 Å². The van der Waals surface area contributed by atoms with Crippen molar-refractivity contribution in [3.63, 3.8) is 0 Å². The molecule has 1 aliphatic heterocycles. The van der Waals surface area contributed by atoms with Crippen molar-refractivity contribution in [2.45, 2.75) is 26.2 Å². The summed E-state index contributed by atoms with van der Waals surface area (Å²) in [6, 6.07) is 6.32. The number of aryl methyl sites for hydroxylation is 1. The predicted octanol–water partition coefficient (Wildman–Crippen LogP) is 3.01. The third-order valence-corrected chi connectivity index (χ3v) is 5.24. The van der Waals surface area contributed by atoms with E-state index in [-0.39, 0.29) is 30.0 Å². The summed E-state index contributed by atoms with van der Waals surface area (Å²) in [6.07, 6.45) is 1.28. The summed E-state index contributed by atoms with van der Waals surface area (Å²) in [5, 5.41) is 5.34. The van der Waals surface area contributed by atoms with E-state index in [1.807, 2.05) is 12.3 Å². The van der Waals surface area contributed by atoms with Crippen LogP contribution in [0.15, 0.2) is 29.6 Å². The summed E-state index contributed by atoms with van der Waals surface area (Å²) in [4.78, 5) is 30.6. The monoisotopic (exact) mass is 361 g/mol. The van der Waals surface area contributed by atoms with E-state index in [0.717, 1.165) is 5.69 Å². The molecule has 7 heteroatoms. The first-order valence-corrected chi connectivity index (χ1v) is 9.15. The van der Waals surface area contributed by atoms with Crippen LogP contribution in [0, 0.1) is 18.7 Å². The number of nitrogens with one attached hydrogen (secondary N) is 1. The fraction of sp³-hybridized carbons (Fsp3) is 0.389. The maximum absolute atomic E-state index is 13.7. The number of carbonyl (C=O) groups is 2. The van der Waals surface area contributed by atoms with Crippen molar-refractivity contribution in [2.75, 3.05) is 18.4 Å². The van der Waals surface area contributed by atoms with Crippen molar-refractivity contribution < 1.29 is 14.0 Å². The van der Waals surface area contributed by atoms with Gasteiger partial charge < -0.3 is 10.2 Å². The van der Waals surface area contributed by atoms with E-state index in [1.165, 1.54) is 17.4 Å². The lowest BCUT2D eigenvalue weighted by Gasteiger charge is -2.31. The van der Waals surface area contributed by atoms with Gasteiger partial charge in [0.25, 0.3) is 0 Å². The van der Waals surface area contributed by atoms with E-state index in [2.05, 4.69) is 10.3 Å². The third-order valence-electron chi connectivity index (χ3n) is 4.37. The van der Waals surface area contributed by atoms with Crippen LogP contribution in [0.4, 0.5) is 9.52 Å². The van der Waals surface area contributed by atoms with Crippen molar-refractivity contribution in [1.82, 2.24) is 9.88 Å². The molecule has 2 amide bonds. The van der Waals surface area contributed by atoms with Gasteiger partial charge in [-0.2, -0.15) is 0 Å². The zero-order chi connectivity index (χ0) is 17.8. The first-order chi connectivity index (χ1) is 12.0. The Hall–Kier alpha value is -2.28. The molecule has 0 aliphatic carbocycles. The average Bonchev–Trinajstić information content (AvgIpc) is 3.02. The number of aromatic nitrogens is 1. The van der Waals surface area contributed by atoms with Gasteiger partial charge in [0.15, 0.2) is 5.13 Å². The number of anilines is 1. The standard InChI is InChI=1S/C18H20FN3O2S/c1-12-11-25-18(20-12)21-17(24)13-6-8-22(9-7-13)16(23)10-14-4-2-3-5-15(14)19/h2-5,11,13H,6-10H2,1H3,(H,20,21,24). The molecule has 0 atom stereocenters. The summed E-state index contributed by atoms with van der Waals surface area (Å²) in [5.41, 5.74) is 1.29. The molecule has 1 N–H and O–H groups in total. The Balaban J connectivity index is 1.50. The number of hydrogen-bond acceptors (Lipinski definition) is 4. The molecule has 1 fully saturated rings. The smallest absolute Gasteiger partial charge is 0.229 e. The van der Waals surface area contributed by atoms with Crippen molar-refractivity contribution in [3.8, 4) is 0 Å². The molecular formula is C18H20FN3O2S. The maximum Gasteiger partial charge on any atom is 0.229 e. The van der Waals surface area contributed by atoms with Crippen LogP contribution in [0.1, 0.15) is 24.1 Å². The second-order valence-electron chi connectivity index (χ2n) is 6.21. The van der Waals surface area contributed by atoms with Gasteiger partial charge in [0.1, 0.15) is 5.82 Å². The minimum absolute atomic E-state index is 0.0458. The quantitative estimate of drug-likeness (QED) is 0.911. The number of hydrogen-bond donors (Lipinski definition) is 1. The minimum Gasteiger partial charge on any atom is -0.342 e. The minimum atomic E-state index is -0.358. The molecule has 0 radical (unpaired) electrons. The van der Waals surface area contributed by atoms with E-state index in [1.54, 1.807) is 23.1 Å². The molecule has 0 bridgehead atoms. The van der Waals surface area contributed by atoms with E-state index in [4.69, 9.17) is 0 Å². The lowest BCUT2D eigenvalue weighted by atomic mass is 9.95. The fourth-order valence-electron chi connectivity index (χ4n) is 2.93. The molecule has 1 aromatic carbocycles. The highest BCUT2D eigenvalue weighted by Gasteiger charge is 2.28. The Morgan fingerprint density at radius 1 is 1.32 bits per heavy atom. The largest absolute Gasteiger partial charge is 0.342 e. The Kier molecular flexibility index (Phi) is 5.43. The van der Waals surface area contributed by atoms with Crippen molar-refractivity contribution in [2.24, 2.45) is 5.92 Å². The number of piperidine rings is 1. The second-order valence-corrected chi connectivity index (χ2v) is 7.06. The normalized spacial score (nSPS) is 15.2. The lowest BCUT2D eigenvalue weighted by molar-refractivity contribution is -0.133. The predicted molar refractivity (Wildman–Crippen MR) is 94.9 cm³/mol. The van der Waals surface area contributed by atoms with Crippen LogP contribution in [-0.2, 0) is 16.0 Å². The molecule has 132 valence electrons. The van der Waals surface area contributed by atoms with Gasteiger partial charge in [-0.25, -0.2) is 9.37 Å². The molecule has 1 aromatic heterocycles. The average molecular weight is 361 g/mol. The SMILES string of the molecule is Cc1csc(NC(=O)C2CCN(C(=O)Cc3ccccc3F)CC2)n1. The molecular weight excluding hydrogens is 341 g/mol. The molecule has 2 heterocycles. The summed E-state index contributed by atoms with van der Waals surface area (Å²) >= 11 is 1.41. The first kappa shape index (κ1) is 17.5. The number of thiazole rings is 1. The van der Waals surface area contributed by atoms with Crippen LogP contribution >= 0.6 is 11.3 Å². The van der Waals surface area contributed by atoms with Gasteiger partial charge in [-0.15, -0.1) is 11.3 Å².